The molecule has 1 aliphatic rings. The number of carbonyl (C=O) groups is 2. The van der Waals surface area contributed by atoms with Gasteiger partial charge < -0.3 is 19.9 Å². The standard InChI is InChI=1S/C28H30N2O5/c1-34-25-15-19(13-14-24(25)31)17-30-18-22(16-23(30)28(33)35-2)29-27(32)26(20-9-5-3-6-10-20)21-11-7-4-8-12-21/h3-15,22-23,26,31H,16-18H2,1-2H3,(H,29,32)/t22-,23+/m1/s1. The maximum atomic E-state index is 13.5. The molecule has 35 heavy (non-hydrogen) atoms. The maximum Gasteiger partial charge on any atom is 0.323 e. The van der Waals surface area contributed by atoms with Gasteiger partial charge in [-0.3, -0.25) is 14.5 Å². The smallest absolute Gasteiger partial charge is 0.323 e. The van der Waals surface area contributed by atoms with Crippen LogP contribution in [0.5, 0.6) is 11.5 Å². The summed E-state index contributed by atoms with van der Waals surface area (Å²) >= 11 is 0. The van der Waals surface area contributed by atoms with Crippen molar-refractivity contribution in [1.29, 1.82) is 0 Å². The van der Waals surface area contributed by atoms with E-state index in [4.69, 9.17) is 9.47 Å². The van der Waals surface area contributed by atoms with Crippen LogP contribution in [-0.4, -0.2) is 54.7 Å². The molecule has 0 radical (unpaired) electrons. The Kier molecular flexibility index (Phi) is 7.67. The van der Waals surface area contributed by atoms with Crippen LogP contribution in [0.2, 0.25) is 0 Å². The minimum Gasteiger partial charge on any atom is -0.504 e. The summed E-state index contributed by atoms with van der Waals surface area (Å²) in [5, 5.41) is 13.1. The van der Waals surface area contributed by atoms with Crippen LogP contribution in [-0.2, 0) is 20.9 Å². The number of aromatic hydroxyl groups is 1. The van der Waals surface area contributed by atoms with Gasteiger partial charge >= 0.3 is 5.97 Å². The van der Waals surface area contributed by atoms with E-state index in [1.54, 1.807) is 18.2 Å². The molecule has 7 nitrogen and oxygen atoms in total. The number of hydrogen-bond donors (Lipinski definition) is 2. The summed E-state index contributed by atoms with van der Waals surface area (Å²) in [5.41, 5.74) is 2.70. The van der Waals surface area contributed by atoms with Gasteiger partial charge in [0.25, 0.3) is 0 Å². The number of hydrogen-bond acceptors (Lipinski definition) is 6. The normalized spacial score (nSPS) is 17.8. The Bertz CT molecular complexity index is 1110. The van der Waals surface area contributed by atoms with Crippen molar-refractivity contribution in [3.63, 3.8) is 0 Å². The zero-order valence-corrected chi connectivity index (χ0v) is 19.9. The van der Waals surface area contributed by atoms with Gasteiger partial charge in [-0.1, -0.05) is 66.7 Å². The number of methoxy groups -OCH3 is 2. The fourth-order valence-corrected chi connectivity index (χ4v) is 4.69. The molecular formula is C28H30N2O5. The van der Waals surface area contributed by atoms with Gasteiger partial charge in [-0.2, -0.15) is 0 Å². The molecule has 0 spiro atoms. The first kappa shape index (κ1) is 24.3. The van der Waals surface area contributed by atoms with Crippen LogP contribution in [0.1, 0.15) is 29.0 Å². The monoisotopic (exact) mass is 474 g/mol. The van der Waals surface area contributed by atoms with E-state index < -0.39 is 12.0 Å². The predicted molar refractivity (Wildman–Crippen MR) is 132 cm³/mol. The Morgan fingerprint density at radius 3 is 2.20 bits per heavy atom. The lowest BCUT2D eigenvalue weighted by molar-refractivity contribution is -0.146. The fraction of sp³-hybridized carbons (Fsp3) is 0.286. The van der Waals surface area contributed by atoms with E-state index in [9.17, 15) is 14.7 Å². The lowest BCUT2D eigenvalue weighted by Gasteiger charge is -2.23. The first-order valence-corrected chi connectivity index (χ1v) is 11.6. The van der Waals surface area contributed by atoms with Gasteiger partial charge in [-0.15, -0.1) is 0 Å². The van der Waals surface area contributed by atoms with Crippen LogP contribution in [0.4, 0.5) is 0 Å². The van der Waals surface area contributed by atoms with E-state index in [0.29, 0.717) is 25.3 Å². The van der Waals surface area contributed by atoms with Crippen molar-refractivity contribution in [2.45, 2.75) is 31.0 Å². The highest BCUT2D eigenvalue weighted by molar-refractivity contribution is 5.87. The number of ether oxygens (including phenoxy) is 2. The quantitative estimate of drug-likeness (QED) is 0.486. The van der Waals surface area contributed by atoms with Gasteiger partial charge in [-0.25, -0.2) is 0 Å². The molecule has 0 bridgehead atoms. The Morgan fingerprint density at radius 1 is 1.00 bits per heavy atom. The van der Waals surface area contributed by atoms with E-state index in [2.05, 4.69) is 5.32 Å². The molecule has 1 saturated heterocycles. The highest BCUT2D eigenvalue weighted by Gasteiger charge is 2.39. The lowest BCUT2D eigenvalue weighted by Crippen LogP contribution is -2.40. The third-order valence-electron chi connectivity index (χ3n) is 6.38. The number of nitrogens with zero attached hydrogens (tertiary/aromatic N) is 1. The number of phenolic OH excluding ortho intramolecular Hbond substituents is 1. The lowest BCUT2D eigenvalue weighted by atomic mass is 9.90. The molecule has 0 saturated carbocycles. The van der Waals surface area contributed by atoms with Crippen LogP contribution >= 0.6 is 0 Å². The average Bonchev–Trinajstić information content (AvgIpc) is 3.27. The summed E-state index contributed by atoms with van der Waals surface area (Å²) in [5.74, 6) is -0.473. The fourth-order valence-electron chi connectivity index (χ4n) is 4.69. The number of phenols is 1. The number of likely N-dealkylation sites (tertiary alicyclic amines) is 1. The Labute approximate surface area is 205 Å². The molecule has 0 aliphatic carbocycles. The number of amides is 1. The minimum atomic E-state index is -0.489. The van der Waals surface area contributed by atoms with Crippen molar-refractivity contribution < 1.29 is 24.2 Å². The van der Waals surface area contributed by atoms with Crippen LogP contribution in [0.25, 0.3) is 0 Å². The molecule has 1 heterocycles. The zero-order valence-electron chi connectivity index (χ0n) is 19.9. The summed E-state index contributed by atoms with van der Waals surface area (Å²) in [6.07, 6.45) is 0.448. The largest absolute Gasteiger partial charge is 0.504 e. The highest BCUT2D eigenvalue weighted by Crippen LogP contribution is 2.30. The molecule has 1 fully saturated rings. The molecule has 0 unspecified atom stereocenters. The second kappa shape index (κ2) is 11.1. The summed E-state index contributed by atoms with van der Waals surface area (Å²) in [6, 6.07) is 23.8. The van der Waals surface area contributed by atoms with Crippen LogP contribution in [0.15, 0.2) is 78.9 Å². The van der Waals surface area contributed by atoms with Crippen LogP contribution < -0.4 is 10.1 Å². The second-order valence-corrected chi connectivity index (χ2v) is 8.67. The molecule has 7 heteroatoms. The summed E-state index contributed by atoms with van der Waals surface area (Å²) in [4.78, 5) is 28.1. The topological polar surface area (TPSA) is 88.1 Å². The molecule has 0 aromatic heterocycles. The molecule has 182 valence electrons. The number of rotatable bonds is 8. The van der Waals surface area contributed by atoms with E-state index in [0.717, 1.165) is 16.7 Å². The molecule has 3 aromatic rings. The molecule has 1 amide bonds. The molecular weight excluding hydrogens is 444 g/mol. The van der Waals surface area contributed by atoms with Crippen molar-refractivity contribution in [1.82, 2.24) is 10.2 Å². The van der Waals surface area contributed by atoms with E-state index in [1.165, 1.54) is 14.2 Å². The first-order valence-electron chi connectivity index (χ1n) is 11.6. The Hall–Kier alpha value is -3.84. The number of benzene rings is 3. The number of nitrogens with one attached hydrogen (secondary N) is 1. The Balaban J connectivity index is 1.53. The third kappa shape index (κ3) is 5.63. The minimum absolute atomic E-state index is 0.0557. The van der Waals surface area contributed by atoms with Gasteiger partial charge in [0.2, 0.25) is 5.91 Å². The van der Waals surface area contributed by atoms with Crippen molar-refractivity contribution in [2.24, 2.45) is 0 Å². The predicted octanol–water partition coefficient (Wildman–Crippen LogP) is 3.47. The van der Waals surface area contributed by atoms with Gasteiger partial charge in [0.1, 0.15) is 6.04 Å². The van der Waals surface area contributed by atoms with Crippen molar-refractivity contribution in [3.8, 4) is 11.5 Å². The van der Waals surface area contributed by atoms with Crippen molar-refractivity contribution in [3.05, 3.63) is 95.6 Å². The van der Waals surface area contributed by atoms with Gasteiger partial charge in [0.15, 0.2) is 11.5 Å². The van der Waals surface area contributed by atoms with Gasteiger partial charge in [0.05, 0.1) is 20.1 Å². The highest BCUT2D eigenvalue weighted by atomic mass is 16.5. The maximum absolute atomic E-state index is 13.5. The van der Waals surface area contributed by atoms with Gasteiger partial charge in [-0.05, 0) is 35.2 Å². The van der Waals surface area contributed by atoms with Gasteiger partial charge in [0, 0.05) is 19.1 Å². The molecule has 2 N–H and O–H groups in total. The molecule has 4 rings (SSSR count). The first-order chi connectivity index (χ1) is 17.0. The molecule has 1 aliphatic heterocycles. The number of esters is 1. The average molecular weight is 475 g/mol. The van der Waals surface area contributed by atoms with Crippen molar-refractivity contribution in [2.75, 3.05) is 20.8 Å². The summed E-state index contributed by atoms with van der Waals surface area (Å²) < 4.78 is 10.3. The van der Waals surface area contributed by atoms with E-state index >= 15 is 0 Å². The van der Waals surface area contributed by atoms with E-state index in [1.807, 2.05) is 65.6 Å². The second-order valence-electron chi connectivity index (χ2n) is 8.67. The summed E-state index contributed by atoms with van der Waals surface area (Å²) in [6.45, 7) is 0.939. The van der Waals surface area contributed by atoms with Crippen LogP contribution in [0, 0.1) is 0 Å². The summed E-state index contributed by atoms with van der Waals surface area (Å²) in [7, 11) is 2.87. The van der Waals surface area contributed by atoms with E-state index in [-0.39, 0.29) is 23.7 Å². The zero-order chi connectivity index (χ0) is 24.8. The SMILES string of the molecule is COC(=O)[C@@H]1C[C@@H](NC(=O)C(c2ccccc2)c2ccccc2)CN1Cc1ccc(O)c(OC)c1. The molecule has 2 atom stereocenters. The van der Waals surface area contributed by atoms with Crippen LogP contribution in [0.3, 0.4) is 0 Å². The van der Waals surface area contributed by atoms with Crippen molar-refractivity contribution >= 4 is 11.9 Å². The number of carbonyl (C=O) groups excluding carboxylic acids is 2. The third-order valence-corrected chi connectivity index (χ3v) is 6.38. The Morgan fingerprint density at radius 2 is 1.63 bits per heavy atom. The molecule has 3 aromatic carbocycles.